The third kappa shape index (κ3) is 6.08. The Bertz CT molecular complexity index is 612. The van der Waals surface area contributed by atoms with Crippen LogP contribution in [0.1, 0.15) is 5.56 Å². The number of nitrogens with one attached hydrogen (secondary N) is 1. The Morgan fingerprint density at radius 3 is 2.57 bits per heavy atom. The zero-order chi connectivity index (χ0) is 17.2. The van der Waals surface area contributed by atoms with Crippen LogP contribution in [0.15, 0.2) is 24.3 Å². The second-order valence-electron chi connectivity index (χ2n) is 4.27. The molecule has 1 rings (SSSR count). The van der Waals surface area contributed by atoms with E-state index < -0.39 is 24.4 Å². The van der Waals surface area contributed by atoms with Gasteiger partial charge >= 0.3 is 5.97 Å². The molecule has 0 aliphatic heterocycles. The predicted octanol–water partition coefficient (Wildman–Crippen LogP) is -0.138. The largest absolute Gasteiger partial charge is 0.493 e. The smallest absolute Gasteiger partial charge is 0.331 e. The van der Waals surface area contributed by atoms with Gasteiger partial charge in [0.2, 0.25) is 5.91 Å². The van der Waals surface area contributed by atoms with Crippen LogP contribution in [0.3, 0.4) is 0 Å². The summed E-state index contributed by atoms with van der Waals surface area (Å²) in [5.74, 6) is -1.03. The van der Waals surface area contributed by atoms with Gasteiger partial charge in [-0.2, -0.15) is 0 Å². The van der Waals surface area contributed by atoms with Gasteiger partial charge in [-0.3, -0.25) is 9.59 Å². The Kier molecular flexibility index (Phi) is 7.12. The number of hydrogen-bond acceptors (Lipinski definition) is 6. The van der Waals surface area contributed by atoms with Gasteiger partial charge < -0.3 is 25.3 Å². The molecule has 0 aliphatic rings. The van der Waals surface area contributed by atoms with Crippen LogP contribution in [0.25, 0.3) is 6.08 Å². The van der Waals surface area contributed by atoms with Crippen LogP contribution in [-0.4, -0.2) is 45.2 Å². The van der Waals surface area contributed by atoms with Crippen LogP contribution >= 0.6 is 0 Å². The highest BCUT2D eigenvalue weighted by molar-refractivity contribution is 5.90. The van der Waals surface area contributed by atoms with Crippen molar-refractivity contribution in [2.75, 3.05) is 27.4 Å². The van der Waals surface area contributed by atoms with Crippen molar-refractivity contribution >= 4 is 23.9 Å². The summed E-state index contributed by atoms with van der Waals surface area (Å²) in [6.07, 6.45) is 2.63. The lowest BCUT2D eigenvalue weighted by Crippen LogP contribution is -2.35. The summed E-state index contributed by atoms with van der Waals surface area (Å²) >= 11 is 0. The molecular weight excluding hydrogens is 304 g/mol. The normalized spacial score (nSPS) is 10.2. The van der Waals surface area contributed by atoms with Gasteiger partial charge in [0.05, 0.1) is 20.8 Å². The molecule has 0 bridgehead atoms. The molecule has 2 amide bonds. The van der Waals surface area contributed by atoms with Crippen molar-refractivity contribution in [2.24, 2.45) is 5.73 Å². The van der Waals surface area contributed by atoms with Crippen LogP contribution in [0.5, 0.6) is 11.5 Å². The Morgan fingerprint density at radius 2 is 1.96 bits per heavy atom. The van der Waals surface area contributed by atoms with E-state index in [2.05, 4.69) is 5.32 Å². The van der Waals surface area contributed by atoms with Crippen molar-refractivity contribution in [3.05, 3.63) is 29.8 Å². The summed E-state index contributed by atoms with van der Waals surface area (Å²) in [5, 5.41) is 2.19. The Morgan fingerprint density at radius 1 is 1.22 bits per heavy atom. The average Bonchev–Trinajstić information content (AvgIpc) is 2.55. The molecule has 124 valence electrons. The minimum atomic E-state index is -0.718. The van der Waals surface area contributed by atoms with Crippen LogP contribution < -0.4 is 20.5 Å². The molecule has 0 radical (unpaired) electrons. The van der Waals surface area contributed by atoms with E-state index in [1.165, 1.54) is 20.3 Å². The van der Waals surface area contributed by atoms with E-state index in [-0.39, 0.29) is 6.54 Å². The predicted molar refractivity (Wildman–Crippen MR) is 81.7 cm³/mol. The second kappa shape index (κ2) is 9.08. The number of primary amides is 1. The van der Waals surface area contributed by atoms with Gasteiger partial charge in [0.15, 0.2) is 18.1 Å². The molecule has 0 aromatic heterocycles. The molecule has 0 heterocycles. The number of amides is 2. The lowest BCUT2D eigenvalue weighted by Gasteiger charge is -2.09. The number of hydrogen-bond donors (Lipinski definition) is 2. The molecule has 0 spiro atoms. The van der Waals surface area contributed by atoms with Gasteiger partial charge in [0.25, 0.3) is 5.91 Å². The van der Waals surface area contributed by atoms with E-state index in [0.29, 0.717) is 17.1 Å². The molecule has 0 atom stereocenters. The second-order valence-corrected chi connectivity index (χ2v) is 4.27. The minimum Gasteiger partial charge on any atom is -0.493 e. The van der Waals surface area contributed by atoms with Crippen LogP contribution in [0, 0.1) is 0 Å². The highest BCUT2D eigenvalue weighted by Crippen LogP contribution is 2.31. The number of rotatable bonds is 8. The molecule has 8 heteroatoms. The maximum atomic E-state index is 11.6. The fourth-order valence-corrected chi connectivity index (χ4v) is 1.62. The summed E-state index contributed by atoms with van der Waals surface area (Å²) in [5.41, 5.74) is 5.48. The standard InChI is InChI=1S/C15H18N2O6/c1-21-11-5-3-4-10(15(11)22-2)6-7-14(20)23-9-13(19)17-8-12(16)18/h3-7H,8-9H2,1-2H3,(H2,16,18)(H,17,19)/b7-6+. The molecule has 1 aromatic carbocycles. The Hall–Kier alpha value is -3.03. The maximum Gasteiger partial charge on any atom is 0.331 e. The zero-order valence-corrected chi connectivity index (χ0v) is 12.8. The van der Waals surface area contributed by atoms with E-state index in [0.717, 1.165) is 6.08 Å². The van der Waals surface area contributed by atoms with Crippen LogP contribution in [0.2, 0.25) is 0 Å². The number of nitrogens with two attached hydrogens (primary N) is 1. The first-order valence-corrected chi connectivity index (χ1v) is 6.58. The Labute approximate surface area is 133 Å². The third-order valence-corrected chi connectivity index (χ3v) is 2.64. The monoisotopic (exact) mass is 322 g/mol. The highest BCUT2D eigenvalue weighted by atomic mass is 16.5. The number of carbonyl (C=O) groups is 3. The number of benzene rings is 1. The summed E-state index contributed by atoms with van der Waals surface area (Å²) in [4.78, 5) is 33.3. The summed E-state index contributed by atoms with van der Waals surface area (Å²) in [6, 6.07) is 5.19. The molecule has 1 aromatic rings. The summed E-state index contributed by atoms with van der Waals surface area (Å²) < 4.78 is 15.1. The maximum absolute atomic E-state index is 11.6. The number of methoxy groups -OCH3 is 2. The Balaban J connectivity index is 2.59. The van der Waals surface area contributed by atoms with Crippen molar-refractivity contribution < 1.29 is 28.6 Å². The topological polar surface area (TPSA) is 117 Å². The fourth-order valence-electron chi connectivity index (χ4n) is 1.62. The SMILES string of the molecule is COc1cccc(/C=C/C(=O)OCC(=O)NCC(N)=O)c1OC. The van der Waals surface area contributed by atoms with Crippen LogP contribution in [0.4, 0.5) is 0 Å². The summed E-state index contributed by atoms with van der Waals surface area (Å²) in [6.45, 7) is -0.821. The molecule has 3 N–H and O–H groups in total. The van der Waals surface area contributed by atoms with Gasteiger partial charge in [0.1, 0.15) is 0 Å². The first-order chi connectivity index (χ1) is 11.0. The van der Waals surface area contributed by atoms with Crippen molar-refractivity contribution in [1.82, 2.24) is 5.32 Å². The van der Waals surface area contributed by atoms with E-state index >= 15 is 0 Å². The molecule has 0 unspecified atom stereocenters. The number of carbonyl (C=O) groups excluding carboxylic acids is 3. The van der Waals surface area contributed by atoms with E-state index in [4.69, 9.17) is 19.9 Å². The quantitative estimate of drug-likeness (QED) is 0.508. The first kappa shape index (κ1) is 18.0. The van der Waals surface area contributed by atoms with Gasteiger partial charge in [0, 0.05) is 11.6 Å². The van der Waals surface area contributed by atoms with Gasteiger partial charge in [-0.15, -0.1) is 0 Å². The fraction of sp³-hybridized carbons (Fsp3) is 0.267. The van der Waals surface area contributed by atoms with Crippen molar-refractivity contribution in [2.45, 2.75) is 0 Å². The number of para-hydroxylation sites is 1. The minimum absolute atomic E-state index is 0.312. The molecule has 0 aliphatic carbocycles. The van der Waals surface area contributed by atoms with E-state index in [1.54, 1.807) is 18.2 Å². The molecule has 8 nitrogen and oxygen atoms in total. The van der Waals surface area contributed by atoms with E-state index in [1.807, 2.05) is 0 Å². The lowest BCUT2D eigenvalue weighted by molar-refractivity contribution is -0.143. The van der Waals surface area contributed by atoms with Crippen molar-refractivity contribution in [1.29, 1.82) is 0 Å². The number of ether oxygens (including phenoxy) is 3. The van der Waals surface area contributed by atoms with Crippen molar-refractivity contribution in [3.8, 4) is 11.5 Å². The molecule has 0 saturated heterocycles. The van der Waals surface area contributed by atoms with Gasteiger partial charge in [-0.1, -0.05) is 12.1 Å². The third-order valence-electron chi connectivity index (χ3n) is 2.64. The molecule has 0 saturated carbocycles. The molecule has 23 heavy (non-hydrogen) atoms. The zero-order valence-electron chi connectivity index (χ0n) is 12.8. The first-order valence-electron chi connectivity index (χ1n) is 6.58. The lowest BCUT2D eigenvalue weighted by atomic mass is 10.1. The average molecular weight is 322 g/mol. The van der Waals surface area contributed by atoms with Crippen molar-refractivity contribution in [3.63, 3.8) is 0 Å². The highest BCUT2D eigenvalue weighted by Gasteiger charge is 2.09. The van der Waals surface area contributed by atoms with E-state index in [9.17, 15) is 14.4 Å². The molecule has 0 fully saturated rings. The summed E-state index contributed by atoms with van der Waals surface area (Å²) in [7, 11) is 2.99. The van der Waals surface area contributed by atoms with Crippen LogP contribution in [-0.2, 0) is 19.1 Å². The van der Waals surface area contributed by atoms with Gasteiger partial charge in [-0.05, 0) is 12.1 Å². The van der Waals surface area contributed by atoms with Gasteiger partial charge in [-0.25, -0.2) is 4.79 Å². The molecular formula is C15H18N2O6. The number of esters is 1.